The van der Waals surface area contributed by atoms with Gasteiger partial charge < -0.3 is 10.1 Å². The second kappa shape index (κ2) is 5.18. The second-order valence-corrected chi connectivity index (χ2v) is 3.98. The van der Waals surface area contributed by atoms with Crippen LogP contribution >= 0.6 is 11.6 Å². The minimum absolute atomic E-state index is 0.109. The SMILES string of the molecule is COc1cnc(Cl)nc1Nc1ccc(F)cc1C. The molecule has 4 nitrogen and oxygen atoms in total. The largest absolute Gasteiger partial charge is 0.491 e. The topological polar surface area (TPSA) is 47.0 Å². The lowest BCUT2D eigenvalue weighted by molar-refractivity contribution is 0.413. The molecule has 0 unspecified atom stereocenters. The van der Waals surface area contributed by atoms with Gasteiger partial charge in [-0.3, -0.25) is 0 Å². The third kappa shape index (κ3) is 2.68. The van der Waals surface area contributed by atoms with E-state index in [0.717, 1.165) is 11.3 Å². The fourth-order valence-electron chi connectivity index (χ4n) is 1.48. The molecule has 0 bridgehead atoms. The Balaban J connectivity index is 2.36. The number of methoxy groups -OCH3 is 1. The quantitative estimate of drug-likeness (QED) is 0.867. The molecule has 0 aliphatic rings. The monoisotopic (exact) mass is 267 g/mol. The molecule has 2 aromatic rings. The second-order valence-electron chi connectivity index (χ2n) is 3.64. The summed E-state index contributed by atoms with van der Waals surface area (Å²) in [6.07, 6.45) is 1.47. The van der Waals surface area contributed by atoms with Crippen molar-refractivity contribution in [2.75, 3.05) is 12.4 Å². The van der Waals surface area contributed by atoms with E-state index in [2.05, 4.69) is 15.3 Å². The summed E-state index contributed by atoms with van der Waals surface area (Å²) in [6.45, 7) is 1.79. The van der Waals surface area contributed by atoms with Crippen LogP contribution in [0.5, 0.6) is 5.75 Å². The van der Waals surface area contributed by atoms with E-state index in [-0.39, 0.29) is 11.1 Å². The van der Waals surface area contributed by atoms with E-state index < -0.39 is 0 Å². The van der Waals surface area contributed by atoms with E-state index in [9.17, 15) is 4.39 Å². The standard InChI is InChI=1S/C12H11ClFN3O/c1-7-5-8(14)3-4-9(7)16-11-10(18-2)6-15-12(13)17-11/h3-6H,1-2H3,(H,15,16,17). The predicted octanol–water partition coefficient (Wildman–Crippen LogP) is 3.33. The zero-order chi connectivity index (χ0) is 13.1. The van der Waals surface area contributed by atoms with Crippen LogP contribution in [0, 0.1) is 12.7 Å². The van der Waals surface area contributed by atoms with Crippen LogP contribution in [-0.4, -0.2) is 17.1 Å². The Kier molecular flexibility index (Phi) is 3.62. The summed E-state index contributed by atoms with van der Waals surface area (Å²) in [4.78, 5) is 7.85. The summed E-state index contributed by atoms with van der Waals surface area (Å²) in [6, 6.07) is 4.42. The number of rotatable bonds is 3. The molecule has 2 rings (SSSR count). The molecule has 18 heavy (non-hydrogen) atoms. The molecule has 0 atom stereocenters. The molecule has 94 valence electrons. The number of hydrogen-bond donors (Lipinski definition) is 1. The molecule has 1 N–H and O–H groups in total. The molecule has 0 fully saturated rings. The highest BCUT2D eigenvalue weighted by molar-refractivity contribution is 6.28. The van der Waals surface area contributed by atoms with E-state index in [4.69, 9.17) is 16.3 Å². The van der Waals surface area contributed by atoms with Crippen molar-refractivity contribution in [3.8, 4) is 5.75 Å². The molecule has 0 saturated carbocycles. The maximum Gasteiger partial charge on any atom is 0.224 e. The van der Waals surface area contributed by atoms with Crippen molar-refractivity contribution in [2.45, 2.75) is 6.92 Å². The van der Waals surface area contributed by atoms with Crippen LogP contribution in [0.3, 0.4) is 0 Å². The maximum atomic E-state index is 13.0. The number of halogens is 2. The molecule has 6 heteroatoms. The molecular weight excluding hydrogens is 257 g/mol. The van der Waals surface area contributed by atoms with Crippen LogP contribution < -0.4 is 10.1 Å². The van der Waals surface area contributed by atoms with Crippen molar-refractivity contribution in [3.05, 3.63) is 41.1 Å². The first-order valence-electron chi connectivity index (χ1n) is 5.20. The number of ether oxygens (including phenoxy) is 1. The van der Waals surface area contributed by atoms with Crippen LogP contribution in [0.15, 0.2) is 24.4 Å². The fraction of sp³-hybridized carbons (Fsp3) is 0.167. The number of hydrogen-bond acceptors (Lipinski definition) is 4. The Labute approximate surface area is 109 Å². The van der Waals surface area contributed by atoms with Crippen LogP contribution in [0.1, 0.15) is 5.56 Å². The summed E-state index contributed by atoms with van der Waals surface area (Å²) in [5, 5.41) is 3.14. The smallest absolute Gasteiger partial charge is 0.224 e. The van der Waals surface area contributed by atoms with Crippen LogP contribution in [0.4, 0.5) is 15.9 Å². The van der Waals surface area contributed by atoms with Gasteiger partial charge >= 0.3 is 0 Å². The van der Waals surface area contributed by atoms with E-state index in [0.29, 0.717) is 11.6 Å². The lowest BCUT2D eigenvalue weighted by Gasteiger charge is -2.11. The zero-order valence-electron chi connectivity index (χ0n) is 9.87. The third-order valence-corrected chi connectivity index (χ3v) is 2.57. The summed E-state index contributed by atoms with van der Waals surface area (Å²) in [7, 11) is 1.51. The van der Waals surface area contributed by atoms with E-state index in [1.165, 1.54) is 25.4 Å². The highest BCUT2D eigenvalue weighted by atomic mass is 35.5. The zero-order valence-corrected chi connectivity index (χ0v) is 10.6. The molecule has 1 aromatic heterocycles. The molecular formula is C12H11ClFN3O. The fourth-order valence-corrected chi connectivity index (χ4v) is 1.62. The number of nitrogens with one attached hydrogen (secondary N) is 1. The first-order chi connectivity index (χ1) is 8.60. The minimum Gasteiger partial charge on any atom is -0.491 e. The van der Waals surface area contributed by atoms with Gasteiger partial charge in [-0.15, -0.1) is 0 Å². The molecule has 0 aliphatic carbocycles. The maximum absolute atomic E-state index is 13.0. The molecule has 0 radical (unpaired) electrons. The number of anilines is 2. The highest BCUT2D eigenvalue weighted by Gasteiger charge is 2.08. The van der Waals surface area contributed by atoms with Gasteiger partial charge in [-0.05, 0) is 42.3 Å². The normalized spacial score (nSPS) is 10.2. The average molecular weight is 268 g/mol. The van der Waals surface area contributed by atoms with Crippen LogP contribution in [0.25, 0.3) is 0 Å². The summed E-state index contributed by atoms with van der Waals surface area (Å²) >= 11 is 5.73. The molecule has 0 amide bonds. The lowest BCUT2D eigenvalue weighted by Crippen LogP contribution is -2.00. The van der Waals surface area contributed by atoms with E-state index in [1.807, 2.05) is 0 Å². The number of nitrogens with zero attached hydrogens (tertiary/aromatic N) is 2. The van der Waals surface area contributed by atoms with Crippen molar-refractivity contribution in [1.29, 1.82) is 0 Å². The van der Waals surface area contributed by atoms with Crippen LogP contribution in [0.2, 0.25) is 5.28 Å². The predicted molar refractivity (Wildman–Crippen MR) is 68.0 cm³/mol. The van der Waals surface area contributed by atoms with Gasteiger partial charge in [0.25, 0.3) is 0 Å². The summed E-state index contributed by atoms with van der Waals surface area (Å²) in [5.41, 5.74) is 1.48. The Morgan fingerprint density at radius 1 is 1.39 bits per heavy atom. The Hall–Kier alpha value is -1.88. The molecule has 0 saturated heterocycles. The molecule has 0 aliphatic heterocycles. The third-order valence-electron chi connectivity index (χ3n) is 2.39. The van der Waals surface area contributed by atoms with Gasteiger partial charge in [-0.25, -0.2) is 9.37 Å². The van der Waals surface area contributed by atoms with Gasteiger partial charge in [0, 0.05) is 5.69 Å². The number of aryl methyl sites for hydroxylation is 1. The lowest BCUT2D eigenvalue weighted by atomic mass is 10.2. The van der Waals surface area contributed by atoms with Gasteiger partial charge in [0.15, 0.2) is 11.6 Å². The van der Waals surface area contributed by atoms with Crippen LogP contribution in [-0.2, 0) is 0 Å². The summed E-state index contributed by atoms with van der Waals surface area (Å²) in [5.74, 6) is 0.612. The van der Waals surface area contributed by atoms with Gasteiger partial charge in [0.2, 0.25) is 5.28 Å². The first-order valence-corrected chi connectivity index (χ1v) is 5.57. The van der Waals surface area contributed by atoms with E-state index in [1.54, 1.807) is 13.0 Å². The van der Waals surface area contributed by atoms with Crippen molar-refractivity contribution in [1.82, 2.24) is 9.97 Å². The molecule has 0 spiro atoms. The van der Waals surface area contributed by atoms with Gasteiger partial charge in [0.1, 0.15) is 5.82 Å². The number of aromatic nitrogens is 2. The van der Waals surface area contributed by atoms with Crippen molar-refractivity contribution in [2.24, 2.45) is 0 Å². The minimum atomic E-state index is -0.286. The molecule has 1 heterocycles. The van der Waals surface area contributed by atoms with Gasteiger partial charge in [-0.2, -0.15) is 4.98 Å². The Morgan fingerprint density at radius 3 is 2.83 bits per heavy atom. The number of benzene rings is 1. The van der Waals surface area contributed by atoms with Gasteiger partial charge in [0.05, 0.1) is 13.3 Å². The molecule has 1 aromatic carbocycles. The highest BCUT2D eigenvalue weighted by Crippen LogP contribution is 2.27. The Bertz CT molecular complexity index is 577. The average Bonchev–Trinajstić information content (AvgIpc) is 2.33. The van der Waals surface area contributed by atoms with Crippen molar-refractivity contribution in [3.63, 3.8) is 0 Å². The van der Waals surface area contributed by atoms with Crippen molar-refractivity contribution >= 4 is 23.1 Å². The Morgan fingerprint density at radius 2 is 2.17 bits per heavy atom. The van der Waals surface area contributed by atoms with Crippen molar-refractivity contribution < 1.29 is 9.13 Å². The first kappa shape index (κ1) is 12.6. The van der Waals surface area contributed by atoms with Gasteiger partial charge in [-0.1, -0.05) is 0 Å². The summed E-state index contributed by atoms with van der Waals surface area (Å²) < 4.78 is 18.1. The van der Waals surface area contributed by atoms with E-state index >= 15 is 0 Å².